The van der Waals surface area contributed by atoms with E-state index < -0.39 is 0 Å². The molecule has 1 aromatic heterocycles. The van der Waals surface area contributed by atoms with E-state index in [-0.39, 0.29) is 17.9 Å². The molecular formula is C24H26N4O4. The van der Waals surface area contributed by atoms with Crippen molar-refractivity contribution >= 4 is 17.5 Å². The van der Waals surface area contributed by atoms with Gasteiger partial charge in [0.15, 0.2) is 5.82 Å². The average Bonchev–Trinajstić information content (AvgIpc) is 3.29. The predicted molar refractivity (Wildman–Crippen MR) is 119 cm³/mol. The lowest BCUT2D eigenvalue weighted by atomic mass is 10.1. The molecule has 3 aromatic rings. The highest BCUT2D eigenvalue weighted by molar-refractivity contribution is 5.95. The second-order valence-electron chi connectivity index (χ2n) is 7.75. The van der Waals surface area contributed by atoms with E-state index in [0.717, 1.165) is 18.4 Å². The third kappa shape index (κ3) is 5.59. The van der Waals surface area contributed by atoms with Crippen LogP contribution >= 0.6 is 0 Å². The van der Waals surface area contributed by atoms with Gasteiger partial charge >= 0.3 is 0 Å². The number of nitrogens with zero attached hydrogens (tertiary/aromatic N) is 3. The van der Waals surface area contributed by atoms with E-state index in [0.29, 0.717) is 49.1 Å². The van der Waals surface area contributed by atoms with Crippen LogP contribution in [0.1, 0.15) is 35.9 Å². The molecule has 1 fully saturated rings. The molecule has 32 heavy (non-hydrogen) atoms. The minimum atomic E-state index is -0.137. The van der Waals surface area contributed by atoms with Gasteiger partial charge in [0.25, 0.3) is 11.8 Å². The van der Waals surface area contributed by atoms with Crippen molar-refractivity contribution in [3.05, 3.63) is 66.0 Å². The van der Waals surface area contributed by atoms with E-state index in [4.69, 9.17) is 9.26 Å². The topological polar surface area (TPSA) is 97.6 Å². The van der Waals surface area contributed by atoms with E-state index in [2.05, 4.69) is 15.5 Å². The van der Waals surface area contributed by atoms with Crippen LogP contribution in [0.2, 0.25) is 0 Å². The van der Waals surface area contributed by atoms with Crippen LogP contribution < -0.4 is 5.32 Å². The largest absolute Gasteiger partial charge is 0.378 e. The first-order valence-corrected chi connectivity index (χ1v) is 10.7. The minimum Gasteiger partial charge on any atom is -0.378 e. The quantitative estimate of drug-likeness (QED) is 0.611. The molecule has 1 N–H and O–H groups in total. The molecule has 1 aliphatic heterocycles. The van der Waals surface area contributed by atoms with Gasteiger partial charge in [-0.1, -0.05) is 23.4 Å². The number of carbonyl (C=O) groups is 2. The van der Waals surface area contributed by atoms with Crippen LogP contribution in [-0.2, 0) is 16.0 Å². The smallest absolute Gasteiger partial charge is 0.257 e. The monoisotopic (exact) mass is 434 g/mol. The molecule has 1 saturated heterocycles. The van der Waals surface area contributed by atoms with Crippen LogP contribution in [0.25, 0.3) is 11.5 Å². The van der Waals surface area contributed by atoms with Gasteiger partial charge in [0, 0.05) is 43.2 Å². The summed E-state index contributed by atoms with van der Waals surface area (Å²) in [4.78, 5) is 30.1. The standard InChI is InChI=1S/C24H26N4O4/c1-17(29)25-20-9-7-19(8-10-20)24(30)28-14-11-21(12-15-28)31-16-13-22-26-23(32-27-22)18-5-3-2-4-6-18/h2-10,21H,11-16H2,1H3,(H,25,29). The van der Waals surface area contributed by atoms with E-state index in [1.165, 1.54) is 6.92 Å². The van der Waals surface area contributed by atoms with Gasteiger partial charge in [0.1, 0.15) is 0 Å². The normalized spacial score (nSPS) is 14.3. The molecule has 0 saturated carbocycles. The maximum absolute atomic E-state index is 12.7. The number of amides is 2. The van der Waals surface area contributed by atoms with E-state index in [1.807, 2.05) is 35.2 Å². The number of hydrogen-bond donors (Lipinski definition) is 1. The van der Waals surface area contributed by atoms with Gasteiger partial charge in [-0.25, -0.2) is 0 Å². The highest BCUT2D eigenvalue weighted by atomic mass is 16.5. The Morgan fingerprint density at radius 2 is 1.81 bits per heavy atom. The summed E-state index contributed by atoms with van der Waals surface area (Å²) in [6, 6.07) is 16.6. The molecule has 0 bridgehead atoms. The Balaban J connectivity index is 1.20. The van der Waals surface area contributed by atoms with Crippen molar-refractivity contribution < 1.29 is 18.8 Å². The zero-order valence-electron chi connectivity index (χ0n) is 18.0. The first kappa shape index (κ1) is 21.7. The summed E-state index contributed by atoms with van der Waals surface area (Å²) >= 11 is 0. The lowest BCUT2D eigenvalue weighted by molar-refractivity contribution is -0.114. The molecule has 2 heterocycles. The Morgan fingerprint density at radius 3 is 2.50 bits per heavy atom. The van der Waals surface area contributed by atoms with Crippen LogP contribution in [0.4, 0.5) is 5.69 Å². The highest BCUT2D eigenvalue weighted by Gasteiger charge is 2.24. The van der Waals surface area contributed by atoms with Crippen molar-refractivity contribution in [2.45, 2.75) is 32.3 Å². The lowest BCUT2D eigenvalue weighted by Crippen LogP contribution is -2.41. The molecule has 8 heteroatoms. The van der Waals surface area contributed by atoms with Crippen molar-refractivity contribution in [3.8, 4) is 11.5 Å². The third-order valence-electron chi connectivity index (χ3n) is 5.35. The van der Waals surface area contributed by atoms with Crippen molar-refractivity contribution in [3.63, 3.8) is 0 Å². The predicted octanol–water partition coefficient (Wildman–Crippen LogP) is 3.56. The summed E-state index contributed by atoms with van der Waals surface area (Å²) in [7, 11) is 0. The van der Waals surface area contributed by atoms with Crippen molar-refractivity contribution in [2.75, 3.05) is 25.0 Å². The number of hydrogen-bond acceptors (Lipinski definition) is 6. The molecule has 1 aliphatic rings. The van der Waals surface area contributed by atoms with Crippen LogP contribution in [0, 0.1) is 0 Å². The number of likely N-dealkylation sites (tertiary alicyclic amines) is 1. The SMILES string of the molecule is CC(=O)Nc1ccc(C(=O)N2CCC(OCCc3noc(-c4ccccc4)n3)CC2)cc1. The molecular weight excluding hydrogens is 408 g/mol. The van der Waals surface area contributed by atoms with E-state index >= 15 is 0 Å². The number of nitrogens with one attached hydrogen (secondary N) is 1. The van der Waals surface area contributed by atoms with Crippen LogP contribution in [-0.4, -0.2) is 52.7 Å². The zero-order valence-corrected chi connectivity index (χ0v) is 18.0. The number of benzene rings is 2. The molecule has 0 spiro atoms. The van der Waals surface area contributed by atoms with Gasteiger partial charge in [0.2, 0.25) is 5.91 Å². The molecule has 0 atom stereocenters. The summed E-state index contributed by atoms with van der Waals surface area (Å²) in [6.45, 7) is 3.26. The van der Waals surface area contributed by atoms with Gasteiger partial charge in [0.05, 0.1) is 12.7 Å². The molecule has 0 aliphatic carbocycles. The number of rotatable bonds is 7. The van der Waals surface area contributed by atoms with Crippen LogP contribution in [0.5, 0.6) is 0 Å². The molecule has 166 valence electrons. The molecule has 2 aromatic carbocycles. The number of anilines is 1. The summed E-state index contributed by atoms with van der Waals surface area (Å²) in [5, 5.41) is 6.73. The van der Waals surface area contributed by atoms with Crippen molar-refractivity contribution in [1.82, 2.24) is 15.0 Å². The average molecular weight is 434 g/mol. The third-order valence-corrected chi connectivity index (χ3v) is 5.35. The van der Waals surface area contributed by atoms with Crippen LogP contribution in [0.15, 0.2) is 59.1 Å². The summed E-state index contributed by atoms with van der Waals surface area (Å²) in [6.07, 6.45) is 2.27. The van der Waals surface area contributed by atoms with Gasteiger partial charge < -0.3 is 19.5 Å². The maximum atomic E-state index is 12.7. The molecule has 8 nitrogen and oxygen atoms in total. The van der Waals surface area contributed by atoms with Crippen molar-refractivity contribution in [1.29, 1.82) is 0 Å². The molecule has 4 rings (SSSR count). The van der Waals surface area contributed by atoms with Gasteiger partial charge in [-0.05, 0) is 49.2 Å². The summed E-state index contributed by atoms with van der Waals surface area (Å²) in [5.41, 5.74) is 2.19. The van der Waals surface area contributed by atoms with E-state index in [9.17, 15) is 9.59 Å². The Hall–Kier alpha value is -3.52. The lowest BCUT2D eigenvalue weighted by Gasteiger charge is -2.32. The van der Waals surface area contributed by atoms with Crippen molar-refractivity contribution in [2.24, 2.45) is 0 Å². The highest BCUT2D eigenvalue weighted by Crippen LogP contribution is 2.19. The Kier molecular flexibility index (Phi) is 6.91. The first-order chi connectivity index (χ1) is 15.6. The first-order valence-electron chi connectivity index (χ1n) is 10.7. The van der Waals surface area contributed by atoms with E-state index in [1.54, 1.807) is 24.3 Å². The summed E-state index contributed by atoms with van der Waals surface area (Å²) < 4.78 is 11.3. The Labute approximate surface area is 186 Å². The second-order valence-corrected chi connectivity index (χ2v) is 7.75. The molecule has 0 radical (unpaired) electrons. The summed E-state index contributed by atoms with van der Waals surface area (Å²) in [5.74, 6) is 0.997. The number of ether oxygens (including phenoxy) is 1. The van der Waals surface area contributed by atoms with Gasteiger partial charge in [-0.15, -0.1) is 0 Å². The number of piperidine rings is 1. The second kappa shape index (κ2) is 10.2. The minimum absolute atomic E-state index is 0.00179. The van der Waals surface area contributed by atoms with Gasteiger partial charge in [-0.3, -0.25) is 9.59 Å². The fourth-order valence-electron chi connectivity index (χ4n) is 3.68. The number of aromatic nitrogens is 2. The molecule has 0 unspecified atom stereocenters. The zero-order chi connectivity index (χ0) is 22.3. The fraction of sp³-hybridized carbons (Fsp3) is 0.333. The molecule has 2 amide bonds. The van der Waals surface area contributed by atoms with Crippen LogP contribution in [0.3, 0.4) is 0 Å². The fourth-order valence-corrected chi connectivity index (χ4v) is 3.68. The Morgan fingerprint density at radius 1 is 1.09 bits per heavy atom. The Bertz CT molecular complexity index is 1040. The maximum Gasteiger partial charge on any atom is 0.257 e. The number of carbonyl (C=O) groups excluding carboxylic acids is 2. The van der Waals surface area contributed by atoms with Gasteiger partial charge in [-0.2, -0.15) is 4.98 Å².